The van der Waals surface area contributed by atoms with E-state index in [1.807, 2.05) is 30.3 Å². The minimum atomic E-state index is -0.539. The number of nitrogens with zero attached hydrogens (tertiary/aromatic N) is 1. The molecule has 5 heteroatoms. The molecule has 0 aromatic heterocycles. The Morgan fingerprint density at radius 1 is 1.03 bits per heavy atom. The lowest BCUT2D eigenvalue weighted by atomic mass is 9.90. The maximum absolute atomic E-state index is 12.3. The SMILES string of the molecule is COc1ccccc1C=CC(=O)OCC(=O)N1CCC(Cc2ccccc2)CC1. The predicted octanol–water partition coefficient (Wildman–Crippen LogP) is 3.73. The van der Waals surface area contributed by atoms with Crippen LogP contribution in [-0.4, -0.2) is 43.6 Å². The highest BCUT2D eigenvalue weighted by Gasteiger charge is 2.23. The van der Waals surface area contributed by atoms with Crippen molar-refractivity contribution in [3.8, 4) is 5.75 Å². The Hall–Kier alpha value is -3.08. The summed E-state index contributed by atoms with van der Waals surface area (Å²) in [6.45, 7) is 1.20. The summed E-state index contributed by atoms with van der Waals surface area (Å²) in [7, 11) is 1.58. The quantitative estimate of drug-likeness (QED) is 0.531. The van der Waals surface area contributed by atoms with Gasteiger partial charge in [0.1, 0.15) is 5.75 Å². The highest BCUT2D eigenvalue weighted by atomic mass is 16.5. The van der Waals surface area contributed by atoms with Crippen molar-refractivity contribution in [1.82, 2.24) is 4.90 Å². The molecule has 1 fully saturated rings. The van der Waals surface area contributed by atoms with Crippen molar-refractivity contribution in [2.24, 2.45) is 5.92 Å². The van der Waals surface area contributed by atoms with E-state index in [0.717, 1.165) is 24.8 Å². The molecule has 1 aliphatic rings. The van der Waals surface area contributed by atoms with Gasteiger partial charge in [0.2, 0.25) is 0 Å². The fourth-order valence-corrected chi connectivity index (χ4v) is 3.57. The number of benzene rings is 2. The second kappa shape index (κ2) is 10.5. The van der Waals surface area contributed by atoms with Gasteiger partial charge in [-0.05, 0) is 42.9 Å². The van der Waals surface area contributed by atoms with Crippen LogP contribution >= 0.6 is 0 Å². The molecule has 0 unspecified atom stereocenters. The molecule has 0 atom stereocenters. The van der Waals surface area contributed by atoms with Gasteiger partial charge in [-0.2, -0.15) is 0 Å². The van der Waals surface area contributed by atoms with E-state index in [2.05, 4.69) is 24.3 Å². The molecule has 3 rings (SSSR count). The van der Waals surface area contributed by atoms with Crippen LogP contribution < -0.4 is 4.74 Å². The molecule has 0 aliphatic carbocycles. The Morgan fingerprint density at radius 2 is 1.72 bits per heavy atom. The van der Waals surface area contributed by atoms with Gasteiger partial charge in [-0.25, -0.2) is 4.79 Å². The molecule has 0 bridgehead atoms. The predicted molar refractivity (Wildman–Crippen MR) is 112 cm³/mol. The van der Waals surface area contributed by atoms with Gasteiger partial charge in [0.25, 0.3) is 5.91 Å². The number of esters is 1. The molecule has 1 heterocycles. The van der Waals surface area contributed by atoms with Gasteiger partial charge in [0.05, 0.1) is 7.11 Å². The molecule has 0 radical (unpaired) electrons. The molecule has 152 valence electrons. The molecule has 1 amide bonds. The molecule has 1 aliphatic heterocycles. The first kappa shape index (κ1) is 20.6. The van der Waals surface area contributed by atoms with Crippen molar-refractivity contribution in [2.45, 2.75) is 19.3 Å². The number of ether oxygens (including phenoxy) is 2. The van der Waals surface area contributed by atoms with Crippen molar-refractivity contribution < 1.29 is 19.1 Å². The molecule has 29 heavy (non-hydrogen) atoms. The Labute approximate surface area is 171 Å². The number of rotatable bonds is 7. The van der Waals surface area contributed by atoms with Gasteiger partial charge in [-0.15, -0.1) is 0 Å². The summed E-state index contributed by atoms with van der Waals surface area (Å²) >= 11 is 0. The van der Waals surface area contributed by atoms with Gasteiger partial charge >= 0.3 is 5.97 Å². The maximum Gasteiger partial charge on any atom is 0.331 e. The first-order valence-corrected chi connectivity index (χ1v) is 9.95. The summed E-state index contributed by atoms with van der Waals surface area (Å²) in [6, 6.07) is 17.8. The Kier molecular flexibility index (Phi) is 7.45. The van der Waals surface area contributed by atoms with Gasteiger partial charge in [-0.1, -0.05) is 48.5 Å². The Balaban J connectivity index is 1.40. The number of methoxy groups -OCH3 is 1. The second-order valence-corrected chi connectivity index (χ2v) is 7.20. The summed E-state index contributed by atoms with van der Waals surface area (Å²) in [4.78, 5) is 26.1. The molecule has 2 aromatic carbocycles. The smallest absolute Gasteiger partial charge is 0.331 e. The van der Waals surface area contributed by atoms with Crippen molar-refractivity contribution >= 4 is 18.0 Å². The van der Waals surface area contributed by atoms with E-state index in [4.69, 9.17) is 9.47 Å². The zero-order valence-corrected chi connectivity index (χ0v) is 16.8. The summed E-state index contributed by atoms with van der Waals surface area (Å²) in [6.07, 6.45) is 5.94. The zero-order chi connectivity index (χ0) is 20.5. The normalized spacial score (nSPS) is 14.7. The van der Waals surface area contributed by atoms with E-state index >= 15 is 0 Å². The lowest BCUT2D eigenvalue weighted by Gasteiger charge is -2.32. The fraction of sp³-hybridized carbons (Fsp3) is 0.333. The zero-order valence-electron chi connectivity index (χ0n) is 16.8. The monoisotopic (exact) mass is 393 g/mol. The van der Waals surface area contributed by atoms with Crippen molar-refractivity contribution in [3.63, 3.8) is 0 Å². The van der Waals surface area contributed by atoms with Crippen LogP contribution in [0, 0.1) is 5.92 Å². The highest BCUT2D eigenvalue weighted by Crippen LogP contribution is 2.22. The lowest BCUT2D eigenvalue weighted by molar-refractivity contribution is -0.148. The average molecular weight is 393 g/mol. The van der Waals surface area contributed by atoms with E-state index in [1.165, 1.54) is 11.6 Å². The summed E-state index contributed by atoms with van der Waals surface area (Å²) in [5, 5.41) is 0. The number of likely N-dealkylation sites (tertiary alicyclic amines) is 1. The van der Waals surface area contributed by atoms with Crippen LogP contribution in [0.15, 0.2) is 60.7 Å². The van der Waals surface area contributed by atoms with Crippen LogP contribution in [0.25, 0.3) is 6.08 Å². The third-order valence-electron chi connectivity index (χ3n) is 5.21. The first-order chi connectivity index (χ1) is 14.2. The summed E-state index contributed by atoms with van der Waals surface area (Å²) in [5.41, 5.74) is 2.12. The molecule has 2 aromatic rings. The van der Waals surface area contributed by atoms with E-state index in [1.54, 1.807) is 18.1 Å². The van der Waals surface area contributed by atoms with Gasteiger partial charge < -0.3 is 14.4 Å². The van der Waals surface area contributed by atoms with Gasteiger partial charge in [0, 0.05) is 24.7 Å². The molecule has 0 saturated carbocycles. The van der Waals surface area contributed by atoms with Gasteiger partial charge in [-0.3, -0.25) is 4.79 Å². The number of hydrogen-bond acceptors (Lipinski definition) is 4. The number of hydrogen-bond donors (Lipinski definition) is 0. The van der Waals surface area contributed by atoms with E-state index in [-0.39, 0.29) is 12.5 Å². The summed E-state index contributed by atoms with van der Waals surface area (Å²) in [5.74, 6) is 0.587. The van der Waals surface area contributed by atoms with E-state index in [9.17, 15) is 9.59 Å². The second-order valence-electron chi connectivity index (χ2n) is 7.20. The van der Waals surface area contributed by atoms with E-state index in [0.29, 0.717) is 24.8 Å². The Morgan fingerprint density at radius 3 is 2.45 bits per heavy atom. The minimum absolute atomic E-state index is 0.137. The van der Waals surface area contributed by atoms with Crippen LogP contribution in [0.1, 0.15) is 24.0 Å². The standard InChI is InChI=1S/C24H27NO4/c1-28-22-10-6-5-9-21(22)11-12-24(27)29-18-23(26)25-15-13-20(14-16-25)17-19-7-3-2-4-8-19/h2-12,20H,13-18H2,1H3. The first-order valence-electron chi connectivity index (χ1n) is 9.95. The number of para-hydroxylation sites is 1. The van der Waals surface area contributed by atoms with Crippen LogP contribution in [0.3, 0.4) is 0 Å². The largest absolute Gasteiger partial charge is 0.496 e. The molecule has 0 N–H and O–H groups in total. The third kappa shape index (κ3) is 6.21. The number of piperidine rings is 1. The average Bonchev–Trinajstić information content (AvgIpc) is 2.77. The van der Waals surface area contributed by atoms with Crippen molar-refractivity contribution in [2.75, 3.05) is 26.8 Å². The summed E-state index contributed by atoms with van der Waals surface area (Å²) < 4.78 is 10.4. The van der Waals surface area contributed by atoms with Crippen molar-refractivity contribution in [1.29, 1.82) is 0 Å². The Bertz CT molecular complexity index is 839. The van der Waals surface area contributed by atoms with Crippen LogP contribution in [0.4, 0.5) is 0 Å². The van der Waals surface area contributed by atoms with Crippen LogP contribution in [0.5, 0.6) is 5.75 Å². The van der Waals surface area contributed by atoms with Crippen LogP contribution in [0.2, 0.25) is 0 Å². The topological polar surface area (TPSA) is 55.8 Å². The van der Waals surface area contributed by atoms with E-state index < -0.39 is 5.97 Å². The molecule has 1 saturated heterocycles. The van der Waals surface area contributed by atoms with Crippen molar-refractivity contribution in [3.05, 3.63) is 71.8 Å². The molecular weight excluding hydrogens is 366 g/mol. The third-order valence-corrected chi connectivity index (χ3v) is 5.21. The highest BCUT2D eigenvalue weighted by molar-refractivity contribution is 5.89. The number of amides is 1. The molecule has 5 nitrogen and oxygen atoms in total. The maximum atomic E-state index is 12.3. The minimum Gasteiger partial charge on any atom is -0.496 e. The lowest BCUT2D eigenvalue weighted by Crippen LogP contribution is -2.41. The van der Waals surface area contributed by atoms with Crippen LogP contribution in [-0.2, 0) is 20.7 Å². The number of carbonyl (C=O) groups is 2. The number of carbonyl (C=O) groups excluding carboxylic acids is 2. The van der Waals surface area contributed by atoms with Gasteiger partial charge in [0.15, 0.2) is 6.61 Å². The molecule has 0 spiro atoms. The fourth-order valence-electron chi connectivity index (χ4n) is 3.57. The molecular formula is C24H27NO4.